The van der Waals surface area contributed by atoms with Gasteiger partial charge in [0.05, 0.1) is 16.3 Å². The van der Waals surface area contributed by atoms with E-state index >= 15 is 0 Å². The highest BCUT2D eigenvalue weighted by Crippen LogP contribution is 2.27. The molecule has 26 heavy (non-hydrogen) atoms. The van der Waals surface area contributed by atoms with Crippen molar-refractivity contribution in [2.75, 3.05) is 5.32 Å². The van der Waals surface area contributed by atoms with Gasteiger partial charge in [-0.15, -0.1) is 0 Å². The van der Waals surface area contributed by atoms with Crippen molar-refractivity contribution >= 4 is 54.8 Å². The minimum Gasteiger partial charge on any atom is -0.356 e. The molecule has 5 heteroatoms. The minimum atomic E-state index is 0.0951. The van der Waals surface area contributed by atoms with Crippen molar-refractivity contribution in [3.8, 4) is 0 Å². The van der Waals surface area contributed by atoms with E-state index in [2.05, 4.69) is 84.1 Å². The van der Waals surface area contributed by atoms with Crippen LogP contribution in [0.3, 0.4) is 0 Å². The molecule has 0 bridgehead atoms. The summed E-state index contributed by atoms with van der Waals surface area (Å²) in [6, 6.07) is 21.1. The molecule has 2 N–H and O–H groups in total. The Labute approximate surface area is 162 Å². The zero-order valence-electron chi connectivity index (χ0n) is 14.6. The number of rotatable bonds is 3. The fraction of sp³-hybridized carbons (Fsp3) is 0.143. The summed E-state index contributed by atoms with van der Waals surface area (Å²) >= 11 is 7.13. The van der Waals surface area contributed by atoms with Gasteiger partial charge in [-0.05, 0) is 60.1 Å². The largest absolute Gasteiger partial charge is 0.356 e. The fourth-order valence-corrected chi connectivity index (χ4v) is 4.43. The summed E-state index contributed by atoms with van der Waals surface area (Å²) in [4.78, 5) is 4.60. The number of thiocarbonyl (C=S) groups is 1. The maximum Gasteiger partial charge on any atom is 0.190 e. The van der Waals surface area contributed by atoms with Gasteiger partial charge in [0.15, 0.2) is 10.2 Å². The second-order valence-corrected chi connectivity index (χ2v) is 7.82. The van der Waals surface area contributed by atoms with Gasteiger partial charge in [-0.3, -0.25) is 0 Å². The van der Waals surface area contributed by atoms with Crippen LogP contribution < -0.4 is 10.6 Å². The number of aryl methyl sites for hydroxylation is 1. The number of fused-ring (bicyclic) bond motifs is 2. The van der Waals surface area contributed by atoms with Crippen LogP contribution in [0.1, 0.15) is 24.1 Å². The zero-order chi connectivity index (χ0) is 18.1. The lowest BCUT2D eigenvalue weighted by atomic mass is 10.00. The topological polar surface area (TPSA) is 37.0 Å². The van der Waals surface area contributed by atoms with Crippen LogP contribution in [0.4, 0.5) is 5.13 Å². The number of nitrogens with zero attached hydrogens (tertiary/aromatic N) is 1. The quantitative estimate of drug-likeness (QED) is 0.442. The standard InChI is InChI=1S/C21H19N3S2/c1-13-10-11-18-19(12-13)26-21(23-18)24-20(25)22-14(2)16-9-5-7-15-6-3-4-8-17(15)16/h3-12,14H,1-2H3,(H2,22,23,24,25)/t14-/m1/s1. The summed E-state index contributed by atoms with van der Waals surface area (Å²) in [5.74, 6) is 0. The molecule has 0 unspecified atom stereocenters. The van der Waals surface area contributed by atoms with Gasteiger partial charge in [0, 0.05) is 0 Å². The first kappa shape index (κ1) is 16.9. The number of aromatic nitrogens is 1. The van der Waals surface area contributed by atoms with Crippen molar-refractivity contribution < 1.29 is 0 Å². The summed E-state index contributed by atoms with van der Waals surface area (Å²) in [6.45, 7) is 4.21. The van der Waals surface area contributed by atoms with E-state index in [-0.39, 0.29) is 6.04 Å². The zero-order valence-corrected chi connectivity index (χ0v) is 16.2. The molecular formula is C21H19N3S2. The third kappa shape index (κ3) is 3.41. The maximum absolute atomic E-state index is 5.51. The second-order valence-electron chi connectivity index (χ2n) is 6.38. The first-order valence-electron chi connectivity index (χ1n) is 8.52. The van der Waals surface area contributed by atoms with Gasteiger partial charge >= 0.3 is 0 Å². The highest BCUT2D eigenvalue weighted by Gasteiger charge is 2.12. The monoisotopic (exact) mass is 377 g/mol. The lowest BCUT2D eigenvalue weighted by molar-refractivity contribution is 0.729. The number of hydrogen-bond acceptors (Lipinski definition) is 3. The van der Waals surface area contributed by atoms with Crippen molar-refractivity contribution in [3.63, 3.8) is 0 Å². The Morgan fingerprint density at radius 1 is 1.08 bits per heavy atom. The summed E-state index contributed by atoms with van der Waals surface area (Å²) in [5, 5.41) is 10.5. The Bertz CT molecular complexity index is 1100. The fourth-order valence-electron chi connectivity index (χ4n) is 3.12. The Hall–Kier alpha value is -2.50. The highest BCUT2D eigenvalue weighted by atomic mass is 32.1. The molecule has 1 atom stereocenters. The minimum absolute atomic E-state index is 0.0951. The van der Waals surface area contributed by atoms with E-state index in [1.54, 1.807) is 11.3 Å². The highest BCUT2D eigenvalue weighted by molar-refractivity contribution is 7.80. The molecule has 0 aliphatic heterocycles. The molecule has 4 aromatic rings. The molecule has 0 saturated carbocycles. The summed E-state index contributed by atoms with van der Waals surface area (Å²) in [6.07, 6.45) is 0. The normalized spacial score (nSPS) is 12.2. The van der Waals surface area contributed by atoms with Crippen LogP contribution in [0.5, 0.6) is 0 Å². The van der Waals surface area contributed by atoms with Crippen molar-refractivity contribution in [1.29, 1.82) is 0 Å². The van der Waals surface area contributed by atoms with Gasteiger partial charge in [0.25, 0.3) is 0 Å². The molecule has 0 spiro atoms. The molecule has 0 aliphatic carbocycles. The molecule has 1 aromatic heterocycles. The third-order valence-corrected chi connectivity index (χ3v) is 5.56. The van der Waals surface area contributed by atoms with E-state index in [1.165, 1.54) is 21.9 Å². The van der Waals surface area contributed by atoms with Gasteiger partial charge in [-0.1, -0.05) is 59.9 Å². The van der Waals surface area contributed by atoms with Crippen molar-refractivity contribution in [1.82, 2.24) is 10.3 Å². The lowest BCUT2D eigenvalue weighted by Crippen LogP contribution is -2.30. The van der Waals surface area contributed by atoms with Gasteiger partial charge in [0.1, 0.15) is 0 Å². The maximum atomic E-state index is 5.51. The van der Waals surface area contributed by atoms with Crippen LogP contribution in [0.2, 0.25) is 0 Å². The molecule has 0 radical (unpaired) electrons. The molecule has 3 aromatic carbocycles. The Morgan fingerprint density at radius 2 is 1.88 bits per heavy atom. The molecule has 1 heterocycles. The van der Waals surface area contributed by atoms with Gasteiger partial charge < -0.3 is 10.6 Å². The Balaban J connectivity index is 1.51. The molecule has 0 amide bonds. The lowest BCUT2D eigenvalue weighted by Gasteiger charge is -2.18. The van der Waals surface area contributed by atoms with Crippen LogP contribution in [-0.2, 0) is 0 Å². The third-order valence-electron chi connectivity index (χ3n) is 4.40. The number of hydrogen-bond donors (Lipinski definition) is 2. The molecule has 130 valence electrons. The summed E-state index contributed by atoms with van der Waals surface area (Å²) in [7, 11) is 0. The van der Waals surface area contributed by atoms with Crippen LogP contribution in [0.25, 0.3) is 21.0 Å². The van der Waals surface area contributed by atoms with Crippen LogP contribution >= 0.6 is 23.6 Å². The average Bonchev–Trinajstić information content (AvgIpc) is 3.02. The van der Waals surface area contributed by atoms with E-state index in [0.717, 1.165) is 15.3 Å². The predicted octanol–water partition coefficient (Wildman–Crippen LogP) is 5.81. The van der Waals surface area contributed by atoms with Gasteiger partial charge in [-0.2, -0.15) is 0 Å². The van der Waals surface area contributed by atoms with E-state index < -0.39 is 0 Å². The van der Waals surface area contributed by atoms with E-state index in [4.69, 9.17) is 12.2 Å². The molecule has 0 fully saturated rings. The first-order valence-corrected chi connectivity index (χ1v) is 9.75. The van der Waals surface area contributed by atoms with Crippen LogP contribution in [0.15, 0.2) is 60.7 Å². The predicted molar refractivity (Wildman–Crippen MR) is 116 cm³/mol. The molecule has 0 aliphatic rings. The first-order chi connectivity index (χ1) is 12.6. The number of anilines is 1. The van der Waals surface area contributed by atoms with E-state index in [1.807, 2.05) is 6.07 Å². The van der Waals surface area contributed by atoms with Gasteiger partial charge in [0.2, 0.25) is 0 Å². The number of benzene rings is 3. The van der Waals surface area contributed by atoms with E-state index in [0.29, 0.717) is 5.11 Å². The van der Waals surface area contributed by atoms with Crippen molar-refractivity contribution in [2.45, 2.75) is 19.9 Å². The summed E-state index contributed by atoms with van der Waals surface area (Å²) < 4.78 is 1.16. The number of nitrogens with one attached hydrogen (secondary N) is 2. The van der Waals surface area contributed by atoms with Gasteiger partial charge in [-0.25, -0.2) is 4.98 Å². The Morgan fingerprint density at radius 3 is 2.77 bits per heavy atom. The SMILES string of the molecule is Cc1ccc2nc(NC(=S)N[C@H](C)c3cccc4ccccc34)sc2c1. The molecular weight excluding hydrogens is 358 g/mol. The van der Waals surface area contributed by atoms with Crippen LogP contribution in [-0.4, -0.2) is 10.1 Å². The summed E-state index contributed by atoms with van der Waals surface area (Å²) in [5.41, 5.74) is 3.46. The smallest absolute Gasteiger partial charge is 0.190 e. The van der Waals surface area contributed by atoms with Crippen LogP contribution in [0, 0.1) is 6.92 Å². The van der Waals surface area contributed by atoms with Crippen molar-refractivity contribution in [2.24, 2.45) is 0 Å². The second kappa shape index (κ2) is 7.02. The van der Waals surface area contributed by atoms with Crippen molar-refractivity contribution in [3.05, 3.63) is 71.8 Å². The van der Waals surface area contributed by atoms with E-state index in [9.17, 15) is 0 Å². The number of thiazole rings is 1. The Kier molecular flexibility index (Phi) is 4.57. The molecule has 0 saturated heterocycles. The molecule has 4 rings (SSSR count). The average molecular weight is 378 g/mol. The molecule has 3 nitrogen and oxygen atoms in total.